The minimum Gasteiger partial charge on any atom is -0.454 e. The molecule has 2 amide bonds. The second-order valence-electron chi connectivity index (χ2n) is 7.11. The molecular weight excluding hydrogens is 370 g/mol. The number of carbonyl (C=O) groups excluding carboxylic acids is 2. The van der Waals surface area contributed by atoms with Gasteiger partial charge in [-0.3, -0.25) is 9.59 Å². The van der Waals surface area contributed by atoms with E-state index < -0.39 is 0 Å². The Bertz CT molecular complexity index is 706. The fraction of sp³-hybridized carbons (Fsp3) is 0.579. The van der Waals surface area contributed by atoms with Crippen LogP contribution >= 0.6 is 12.4 Å². The summed E-state index contributed by atoms with van der Waals surface area (Å²) in [5, 5.41) is 3.28. The van der Waals surface area contributed by atoms with E-state index in [0.29, 0.717) is 29.6 Å². The van der Waals surface area contributed by atoms with Crippen molar-refractivity contribution in [1.82, 2.24) is 15.1 Å². The normalized spacial score (nSPS) is 21.9. The monoisotopic (exact) mass is 395 g/mol. The smallest absolute Gasteiger partial charge is 0.254 e. The highest BCUT2D eigenvalue weighted by atomic mass is 35.5. The van der Waals surface area contributed by atoms with Crippen molar-refractivity contribution in [2.75, 3.05) is 33.5 Å². The van der Waals surface area contributed by atoms with E-state index in [2.05, 4.69) is 5.32 Å². The minimum atomic E-state index is -0.348. The molecule has 0 spiro atoms. The van der Waals surface area contributed by atoms with Crippen molar-refractivity contribution in [2.45, 2.75) is 37.8 Å². The molecule has 1 atom stereocenters. The van der Waals surface area contributed by atoms with E-state index in [1.54, 1.807) is 23.1 Å². The Labute approximate surface area is 165 Å². The quantitative estimate of drug-likeness (QED) is 0.842. The van der Waals surface area contributed by atoms with Crippen LogP contribution in [0.2, 0.25) is 0 Å². The van der Waals surface area contributed by atoms with Crippen molar-refractivity contribution in [1.29, 1.82) is 0 Å². The predicted molar refractivity (Wildman–Crippen MR) is 103 cm³/mol. The average Bonchev–Trinajstić information content (AvgIpc) is 3.35. The van der Waals surface area contributed by atoms with Crippen LogP contribution < -0.4 is 14.8 Å². The standard InChI is InChI=1S/C19H25N3O4.ClH/c1-20-14-6-9-21(10-7-14)19(24)15-3-2-8-22(15)18(23)13-4-5-16-17(11-13)26-12-25-16;/h4-5,11,14-15,20H,2-3,6-10,12H2,1H3;1H. The van der Waals surface area contributed by atoms with Gasteiger partial charge in [0.05, 0.1) is 0 Å². The number of likely N-dealkylation sites (tertiary alicyclic amines) is 2. The van der Waals surface area contributed by atoms with Crippen LogP contribution in [0.4, 0.5) is 0 Å². The second kappa shape index (κ2) is 8.35. The van der Waals surface area contributed by atoms with E-state index in [1.807, 2.05) is 11.9 Å². The lowest BCUT2D eigenvalue weighted by molar-refractivity contribution is -0.136. The molecule has 1 aromatic carbocycles. The van der Waals surface area contributed by atoms with Crippen LogP contribution in [0.25, 0.3) is 0 Å². The van der Waals surface area contributed by atoms with Crippen LogP contribution in [0.15, 0.2) is 18.2 Å². The summed E-state index contributed by atoms with van der Waals surface area (Å²) in [4.78, 5) is 29.6. The number of benzene rings is 1. The lowest BCUT2D eigenvalue weighted by Gasteiger charge is -2.35. The van der Waals surface area contributed by atoms with Gasteiger partial charge in [0.25, 0.3) is 5.91 Å². The molecule has 1 unspecified atom stereocenters. The van der Waals surface area contributed by atoms with Gasteiger partial charge in [0, 0.05) is 31.2 Å². The largest absolute Gasteiger partial charge is 0.454 e. The molecule has 4 rings (SSSR count). The first-order chi connectivity index (χ1) is 12.7. The molecular formula is C19H26ClN3O4. The number of fused-ring (bicyclic) bond motifs is 1. The highest BCUT2D eigenvalue weighted by Gasteiger charge is 2.38. The number of halogens is 1. The first-order valence-electron chi connectivity index (χ1n) is 9.34. The minimum absolute atomic E-state index is 0. The van der Waals surface area contributed by atoms with E-state index in [1.165, 1.54) is 0 Å². The van der Waals surface area contributed by atoms with Crippen molar-refractivity contribution in [3.63, 3.8) is 0 Å². The van der Waals surface area contributed by atoms with Crippen LogP contribution in [0, 0.1) is 0 Å². The fourth-order valence-corrected chi connectivity index (χ4v) is 4.06. The van der Waals surface area contributed by atoms with Crippen LogP contribution in [-0.2, 0) is 4.79 Å². The molecule has 27 heavy (non-hydrogen) atoms. The van der Waals surface area contributed by atoms with E-state index in [0.717, 1.165) is 38.8 Å². The van der Waals surface area contributed by atoms with E-state index in [9.17, 15) is 9.59 Å². The number of hydrogen-bond acceptors (Lipinski definition) is 5. The van der Waals surface area contributed by atoms with Gasteiger partial charge >= 0.3 is 0 Å². The third-order valence-electron chi connectivity index (χ3n) is 5.63. The molecule has 2 saturated heterocycles. The molecule has 2 fully saturated rings. The molecule has 3 heterocycles. The van der Waals surface area contributed by atoms with Crippen molar-refractivity contribution >= 4 is 24.2 Å². The van der Waals surface area contributed by atoms with Crippen molar-refractivity contribution in [3.8, 4) is 11.5 Å². The summed E-state index contributed by atoms with van der Waals surface area (Å²) < 4.78 is 10.7. The maximum absolute atomic E-state index is 13.0. The zero-order valence-corrected chi connectivity index (χ0v) is 16.3. The van der Waals surface area contributed by atoms with Crippen LogP contribution in [0.5, 0.6) is 11.5 Å². The van der Waals surface area contributed by atoms with Gasteiger partial charge in [0.15, 0.2) is 11.5 Å². The maximum atomic E-state index is 13.0. The van der Waals surface area contributed by atoms with Gasteiger partial charge in [0.2, 0.25) is 12.7 Å². The summed E-state index contributed by atoms with van der Waals surface area (Å²) >= 11 is 0. The molecule has 1 aromatic rings. The average molecular weight is 396 g/mol. The number of carbonyl (C=O) groups is 2. The van der Waals surface area contributed by atoms with Crippen LogP contribution in [-0.4, -0.2) is 67.2 Å². The molecule has 0 radical (unpaired) electrons. The van der Waals surface area contributed by atoms with E-state index in [4.69, 9.17) is 9.47 Å². The molecule has 3 aliphatic heterocycles. The Balaban J connectivity index is 0.00000210. The Morgan fingerprint density at radius 3 is 2.56 bits per heavy atom. The molecule has 0 bridgehead atoms. The zero-order chi connectivity index (χ0) is 18.1. The van der Waals surface area contributed by atoms with Crippen molar-refractivity contribution in [3.05, 3.63) is 23.8 Å². The summed E-state index contributed by atoms with van der Waals surface area (Å²) in [6, 6.07) is 5.34. The van der Waals surface area contributed by atoms with Crippen molar-refractivity contribution < 1.29 is 19.1 Å². The van der Waals surface area contributed by atoms with Gasteiger partial charge in [-0.05, 0) is 50.9 Å². The zero-order valence-electron chi connectivity index (χ0n) is 15.5. The SMILES string of the molecule is CNC1CCN(C(=O)C2CCCN2C(=O)c2ccc3c(c2)OCO3)CC1.Cl. The summed E-state index contributed by atoms with van der Waals surface area (Å²) in [5.41, 5.74) is 0.544. The summed E-state index contributed by atoms with van der Waals surface area (Å²) in [5.74, 6) is 1.23. The van der Waals surface area contributed by atoms with Gasteiger partial charge in [0.1, 0.15) is 6.04 Å². The fourth-order valence-electron chi connectivity index (χ4n) is 4.06. The number of nitrogens with zero attached hydrogens (tertiary/aromatic N) is 2. The molecule has 7 nitrogen and oxygen atoms in total. The number of rotatable bonds is 3. The Kier molecular flexibility index (Phi) is 6.11. The summed E-state index contributed by atoms with van der Waals surface area (Å²) in [7, 11) is 1.96. The van der Waals surface area contributed by atoms with E-state index in [-0.39, 0.29) is 37.1 Å². The Morgan fingerprint density at radius 1 is 1.07 bits per heavy atom. The molecule has 0 aliphatic carbocycles. The van der Waals surface area contributed by atoms with Crippen LogP contribution in [0.1, 0.15) is 36.0 Å². The van der Waals surface area contributed by atoms with Gasteiger partial charge in [-0.2, -0.15) is 0 Å². The molecule has 3 aliphatic rings. The first-order valence-corrected chi connectivity index (χ1v) is 9.34. The number of piperidine rings is 1. The lowest BCUT2D eigenvalue weighted by atomic mass is 10.0. The Morgan fingerprint density at radius 2 is 1.81 bits per heavy atom. The predicted octanol–water partition coefficient (Wildman–Crippen LogP) is 1.65. The topological polar surface area (TPSA) is 71.1 Å². The Hall–Kier alpha value is -1.99. The molecule has 0 aromatic heterocycles. The third-order valence-corrected chi connectivity index (χ3v) is 5.63. The number of amides is 2. The number of hydrogen-bond donors (Lipinski definition) is 1. The van der Waals surface area contributed by atoms with Gasteiger partial charge in [-0.15, -0.1) is 12.4 Å². The molecule has 8 heteroatoms. The molecule has 0 saturated carbocycles. The number of nitrogens with one attached hydrogen (secondary N) is 1. The number of ether oxygens (including phenoxy) is 2. The van der Waals surface area contributed by atoms with Gasteiger partial charge in [-0.1, -0.05) is 0 Å². The molecule has 148 valence electrons. The summed E-state index contributed by atoms with van der Waals surface area (Å²) in [6.45, 7) is 2.32. The maximum Gasteiger partial charge on any atom is 0.254 e. The lowest BCUT2D eigenvalue weighted by Crippen LogP contribution is -2.51. The van der Waals surface area contributed by atoms with Crippen LogP contribution in [0.3, 0.4) is 0 Å². The van der Waals surface area contributed by atoms with Crippen molar-refractivity contribution in [2.24, 2.45) is 0 Å². The first kappa shape index (κ1) is 19.8. The summed E-state index contributed by atoms with van der Waals surface area (Å²) in [6.07, 6.45) is 3.52. The highest BCUT2D eigenvalue weighted by Crippen LogP contribution is 2.33. The second-order valence-corrected chi connectivity index (χ2v) is 7.11. The third kappa shape index (κ3) is 3.84. The van der Waals surface area contributed by atoms with E-state index >= 15 is 0 Å². The van der Waals surface area contributed by atoms with Gasteiger partial charge < -0.3 is 24.6 Å². The highest BCUT2D eigenvalue weighted by molar-refractivity contribution is 5.98. The molecule has 1 N–H and O–H groups in total. The van der Waals surface area contributed by atoms with Gasteiger partial charge in [-0.25, -0.2) is 0 Å².